The van der Waals surface area contributed by atoms with Gasteiger partial charge in [-0.2, -0.15) is 0 Å². The summed E-state index contributed by atoms with van der Waals surface area (Å²) in [7, 11) is 1.32. The van der Waals surface area contributed by atoms with Gasteiger partial charge in [0.05, 0.1) is 19.8 Å². The number of ether oxygens (including phenoxy) is 1. The zero-order valence-electron chi connectivity index (χ0n) is 8.78. The molecule has 0 bridgehead atoms. The van der Waals surface area contributed by atoms with Crippen molar-refractivity contribution in [3.63, 3.8) is 0 Å². The van der Waals surface area contributed by atoms with Crippen LogP contribution < -0.4 is 5.32 Å². The summed E-state index contributed by atoms with van der Waals surface area (Å²) in [5, 5.41) is 2.54. The van der Waals surface area contributed by atoms with E-state index in [1.54, 1.807) is 0 Å². The van der Waals surface area contributed by atoms with Crippen LogP contribution in [0.25, 0.3) is 11.0 Å². The van der Waals surface area contributed by atoms with Crippen molar-refractivity contribution >= 4 is 113 Å². The number of carbonyl (C=O) groups is 1. The maximum atomic E-state index is 11.2. The number of hydrogen-bond donors (Lipinski definition) is 2. The lowest BCUT2D eigenvalue weighted by Crippen LogP contribution is -2.11. The molecule has 0 unspecified atom stereocenters. The van der Waals surface area contributed by atoms with E-state index < -0.39 is 6.09 Å². The highest BCUT2D eigenvalue weighted by Gasteiger charge is 2.17. The first-order chi connectivity index (χ1) is 8.45. The summed E-state index contributed by atoms with van der Waals surface area (Å²) in [6.45, 7) is 0. The molecule has 2 rings (SSSR count). The number of nitrogens with one attached hydrogen (secondary N) is 2. The molecule has 0 saturated heterocycles. The Bertz CT molecular complexity index is 596. The van der Waals surface area contributed by atoms with Crippen LogP contribution in [0.15, 0.2) is 0 Å². The van der Waals surface area contributed by atoms with Gasteiger partial charge in [0.15, 0.2) is 0 Å². The molecule has 1 aromatic carbocycles. The van der Waals surface area contributed by atoms with Crippen molar-refractivity contribution in [3.8, 4) is 0 Å². The number of imidazole rings is 1. The number of fused-ring (bicyclic) bond motifs is 1. The van der Waals surface area contributed by atoms with E-state index in [2.05, 4.69) is 110 Å². The minimum Gasteiger partial charge on any atom is -0.453 e. The van der Waals surface area contributed by atoms with Crippen molar-refractivity contribution in [2.45, 2.75) is 0 Å². The molecule has 1 amide bonds. The van der Waals surface area contributed by atoms with E-state index in [0.717, 1.165) is 18.2 Å². The fourth-order valence-electron chi connectivity index (χ4n) is 1.30. The third-order valence-corrected chi connectivity index (χ3v) is 9.50. The highest BCUT2D eigenvalue weighted by Crippen LogP contribution is 2.33. The zero-order chi connectivity index (χ0) is 13.4. The summed E-state index contributed by atoms with van der Waals surface area (Å²) in [5.74, 6) is 0.394. The normalized spacial score (nSPS) is 10.7. The minimum atomic E-state index is -0.538. The number of aromatic nitrogens is 2. The minimum absolute atomic E-state index is 0.394. The van der Waals surface area contributed by atoms with Crippen molar-refractivity contribution in [1.29, 1.82) is 0 Å². The number of nitrogens with zero attached hydrogens (tertiary/aromatic N) is 1. The number of H-pyrrole nitrogens is 1. The predicted octanol–water partition coefficient (Wildman–Crippen LogP) is 4.16. The van der Waals surface area contributed by atoms with Crippen molar-refractivity contribution < 1.29 is 9.53 Å². The Labute approximate surface area is 157 Å². The van der Waals surface area contributed by atoms with E-state index in [1.165, 1.54) is 14.3 Å². The molecule has 0 fully saturated rings. The summed E-state index contributed by atoms with van der Waals surface area (Å²) >= 11 is 9.13. The number of methoxy groups -OCH3 is 1. The van der Waals surface area contributed by atoms with Crippen LogP contribution in [0.2, 0.25) is 0 Å². The fourth-order valence-corrected chi connectivity index (χ4v) is 4.72. The smallest absolute Gasteiger partial charge is 0.413 e. The topological polar surface area (TPSA) is 67.0 Å². The van der Waals surface area contributed by atoms with Crippen LogP contribution in [0, 0.1) is 14.3 Å². The Morgan fingerprint density at radius 3 is 2.39 bits per heavy atom. The van der Waals surface area contributed by atoms with Gasteiger partial charge in [0.2, 0.25) is 5.95 Å². The van der Waals surface area contributed by atoms with Crippen LogP contribution in [0.4, 0.5) is 10.7 Å². The molecule has 2 N–H and O–H groups in total. The van der Waals surface area contributed by atoms with Crippen LogP contribution in [0.1, 0.15) is 0 Å². The van der Waals surface area contributed by atoms with Crippen LogP contribution in [0.3, 0.4) is 0 Å². The first kappa shape index (κ1) is 15.3. The Morgan fingerprint density at radius 1 is 1.17 bits per heavy atom. The molecule has 1 aromatic heterocycles. The predicted molar refractivity (Wildman–Crippen MR) is 103 cm³/mol. The highest BCUT2D eigenvalue weighted by molar-refractivity contribution is 14.1. The molecule has 0 aliphatic rings. The van der Waals surface area contributed by atoms with Gasteiger partial charge >= 0.3 is 6.09 Å². The van der Waals surface area contributed by atoms with Crippen molar-refractivity contribution in [1.82, 2.24) is 9.97 Å². The van der Waals surface area contributed by atoms with E-state index in [0.29, 0.717) is 5.95 Å². The second-order valence-electron chi connectivity index (χ2n) is 3.18. The molecule has 0 aliphatic heterocycles. The highest BCUT2D eigenvalue weighted by atomic mass is 127. The van der Waals surface area contributed by atoms with E-state index in [-0.39, 0.29) is 0 Å². The average Bonchev–Trinajstić information content (AvgIpc) is 2.77. The number of carbonyl (C=O) groups excluding carboxylic acids is 1. The molecule has 9 heteroatoms. The molecule has 0 atom stereocenters. The van der Waals surface area contributed by atoms with E-state index in [1.807, 2.05) is 0 Å². The van der Waals surface area contributed by atoms with E-state index >= 15 is 0 Å². The van der Waals surface area contributed by atoms with Crippen molar-refractivity contribution in [3.05, 3.63) is 14.3 Å². The van der Waals surface area contributed by atoms with Crippen LogP contribution in [-0.2, 0) is 4.74 Å². The lowest BCUT2D eigenvalue weighted by atomic mass is 10.3. The molecule has 96 valence electrons. The molecule has 0 aliphatic carbocycles. The van der Waals surface area contributed by atoms with Gasteiger partial charge in [-0.3, -0.25) is 5.32 Å². The zero-order valence-corrected chi connectivity index (χ0v) is 17.4. The number of anilines is 1. The first-order valence-corrected chi connectivity index (χ1v) is 8.83. The number of aromatic amines is 1. The van der Waals surface area contributed by atoms with Gasteiger partial charge in [-0.25, -0.2) is 9.78 Å². The Hall–Kier alpha value is 0.880. The average molecular weight is 695 g/mol. The number of amides is 1. The molecular formula is C9H5I4N3O2. The summed E-state index contributed by atoms with van der Waals surface area (Å²) < 4.78 is 9.06. The first-order valence-electron chi connectivity index (χ1n) is 4.52. The van der Waals surface area contributed by atoms with Gasteiger partial charge in [0, 0.05) is 7.14 Å². The Balaban J connectivity index is 2.61. The third kappa shape index (κ3) is 2.82. The molecule has 18 heavy (non-hydrogen) atoms. The number of rotatable bonds is 1. The van der Waals surface area contributed by atoms with Gasteiger partial charge in [-0.15, -0.1) is 0 Å². The number of halogens is 4. The van der Waals surface area contributed by atoms with E-state index in [9.17, 15) is 4.79 Å². The summed E-state index contributed by atoms with van der Waals surface area (Å²) in [5.41, 5.74) is 1.78. The Kier molecular flexibility index (Phi) is 5.18. The largest absolute Gasteiger partial charge is 0.453 e. The van der Waals surface area contributed by atoms with Gasteiger partial charge in [0.25, 0.3) is 0 Å². The summed E-state index contributed by atoms with van der Waals surface area (Å²) in [4.78, 5) is 18.6. The van der Waals surface area contributed by atoms with E-state index in [4.69, 9.17) is 0 Å². The van der Waals surface area contributed by atoms with Crippen molar-refractivity contribution in [2.24, 2.45) is 0 Å². The Morgan fingerprint density at radius 2 is 1.78 bits per heavy atom. The molecule has 1 heterocycles. The fraction of sp³-hybridized carbons (Fsp3) is 0.111. The van der Waals surface area contributed by atoms with Gasteiger partial charge in [-0.1, -0.05) is 0 Å². The standard InChI is InChI=1S/C9H5I4N3O2/c1-18-9(17)16-8-14-6-4(12)2(10)3(11)5(13)7(6)15-8/h1H3,(H2,14,15,16,17). The second kappa shape index (κ2) is 6.11. The SMILES string of the molecule is COC(=O)Nc1nc2c(I)c(I)c(I)c(I)c2[nH]1. The summed E-state index contributed by atoms with van der Waals surface area (Å²) in [6.07, 6.45) is -0.538. The second-order valence-corrected chi connectivity index (χ2v) is 7.50. The molecule has 0 radical (unpaired) electrons. The molecular weight excluding hydrogens is 690 g/mol. The van der Waals surface area contributed by atoms with Gasteiger partial charge in [0.1, 0.15) is 5.52 Å². The number of benzene rings is 1. The molecule has 5 nitrogen and oxygen atoms in total. The summed E-state index contributed by atoms with van der Waals surface area (Å²) in [6, 6.07) is 0. The van der Waals surface area contributed by atoms with Crippen molar-refractivity contribution in [2.75, 3.05) is 12.4 Å². The lowest BCUT2D eigenvalue weighted by molar-refractivity contribution is 0.186. The van der Waals surface area contributed by atoms with Gasteiger partial charge in [-0.05, 0) is 90.4 Å². The van der Waals surface area contributed by atoms with Crippen LogP contribution in [0.5, 0.6) is 0 Å². The maximum Gasteiger partial charge on any atom is 0.413 e. The quantitative estimate of drug-likeness (QED) is 0.268. The third-order valence-electron chi connectivity index (χ3n) is 2.12. The van der Waals surface area contributed by atoms with Crippen LogP contribution >= 0.6 is 90.4 Å². The maximum absolute atomic E-state index is 11.2. The lowest BCUT2D eigenvalue weighted by Gasteiger charge is -2.03. The monoisotopic (exact) mass is 695 g/mol. The van der Waals surface area contributed by atoms with Gasteiger partial charge < -0.3 is 9.72 Å². The van der Waals surface area contributed by atoms with Crippen LogP contribution in [-0.4, -0.2) is 23.2 Å². The molecule has 0 saturated carbocycles. The molecule has 2 aromatic rings. The molecule has 0 spiro atoms. The number of hydrogen-bond acceptors (Lipinski definition) is 3.